The second-order valence-corrected chi connectivity index (χ2v) is 7.86. The molecule has 0 fully saturated rings. The van der Waals surface area contributed by atoms with Gasteiger partial charge in [0.25, 0.3) is 0 Å². The van der Waals surface area contributed by atoms with Crippen molar-refractivity contribution in [3.63, 3.8) is 0 Å². The fraction of sp³-hybridized carbons (Fsp3) is 0.208. The number of imidazole rings is 1. The number of benzene rings is 2. The maximum atomic E-state index is 14.6. The average molecular weight is 453 g/mol. The number of aliphatic hydroxyl groups is 1. The zero-order valence-corrected chi connectivity index (χ0v) is 17.8. The van der Waals surface area contributed by atoms with Crippen molar-refractivity contribution in [2.24, 2.45) is 5.92 Å². The largest absolute Gasteiger partial charge is 0.383 e. The standard InChI is InChI=1S/C24H22F3N5O/c1-17(3-2-4-18-5-8-21(26)23(11-18)31-10-9-28-15-31)24(33,13-32-16-29-14-30-32)20-7-6-19(25)12-22(20)27/h2,4-12,14-17,33H,3,13H2,1H3/b4-2+/t17-,24+/m0/s1. The van der Waals surface area contributed by atoms with Gasteiger partial charge in [-0.1, -0.05) is 31.2 Å². The summed E-state index contributed by atoms with van der Waals surface area (Å²) in [5, 5.41) is 15.6. The highest BCUT2D eigenvalue weighted by Gasteiger charge is 2.38. The first kappa shape index (κ1) is 22.5. The van der Waals surface area contributed by atoms with Crippen LogP contribution in [0.2, 0.25) is 0 Å². The molecule has 2 aromatic carbocycles. The van der Waals surface area contributed by atoms with Gasteiger partial charge in [-0.05, 0) is 36.1 Å². The Hall–Kier alpha value is -3.72. The minimum atomic E-state index is -1.68. The lowest BCUT2D eigenvalue weighted by atomic mass is 9.80. The van der Waals surface area contributed by atoms with E-state index in [2.05, 4.69) is 15.1 Å². The van der Waals surface area contributed by atoms with E-state index in [0.717, 1.165) is 17.7 Å². The molecule has 9 heteroatoms. The molecule has 1 N–H and O–H groups in total. The van der Waals surface area contributed by atoms with Crippen molar-refractivity contribution in [3.8, 4) is 5.69 Å². The second-order valence-electron chi connectivity index (χ2n) is 7.86. The number of hydrogen-bond acceptors (Lipinski definition) is 4. The van der Waals surface area contributed by atoms with E-state index in [9.17, 15) is 18.3 Å². The molecule has 2 aromatic heterocycles. The van der Waals surface area contributed by atoms with Gasteiger partial charge >= 0.3 is 0 Å². The molecule has 0 aliphatic rings. The van der Waals surface area contributed by atoms with Crippen molar-refractivity contribution < 1.29 is 18.3 Å². The number of allylic oxidation sites excluding steroid dienone is 1. The molecule has 170 valence electrons. The number of hydrogen-bond donors (Lipinski definition) is 1. The molecule has 33 heavy (non-hydrogen) atoms. The Morgan fingerprint density at radius 1 is 1.06 bits per heavy atom. The van der Waals surface area contributed by atoms with E-state index < -0.39 is 23.2 Å². The molecule has 2 atom stereocenters. The molecule has 6 nitrogen and oxygen atoms in total. The van der Waals surface area contributed by atoms with E-state index >= 15 is 0 Å². The van der Waals surface area contributed by atoms with Crippen LogP contribution in [0.25, 0.3) is 11.8 Å². The van der Waals surface area contributed by atoms with E-state index in [1.807, 2.05) is 6.08 Å². The monoisotopic (exact) mass is 453 g/mol. The lowest BCUT2D eigenvalue weighted by molar-refractivity contribution is -0.0379. The molecule has 0 saturated heterocycles. The summed E-state index contributed by atoms with van der Waals surface area (Å²) < 4.78 is 45.3. The molecular formula is C24H22F3N5O. The SMILES string of the molecule is C[C@@H](C/C=C/c1ccc(F)c(-n2ccnc2)c1)[C@](O)(Cn1cncn1)c1ccc(F)cc1F. The van der Waals surface area contributed by atoms with Crippen molar-refractivity contribution in [3.05, 3.63) is 102 Å². The molecule has 0 unspecified atom stereocenters. The number of aromatic nitrogens is 5. The number of halogens is 3. The van der Waals surface area contributed by atoms with Crippen LogP contribution in [-0.2, 0) is 12.1 Å². The van der Waals surface area contributed by atoms with Crippen LogP contribution in [0.3, 0.4) is 0 Å². The van der Waals surface area contributed by atoms with Crippen LogP contribution in [0.4, 0.5) is 13.2 Å². The summed E-state index contributed by atoms with van der Waals surface area (Å²) >= 11 is 0. The van der Waals surface area contributed by atoms with Crippen molar-refractivity contribution in [1.29, 1.82) is 0 Å². The first-order valence-electron chi connectivity index (χ1n) is 10.3. The molecule has 0 spiro atoms. The van der Waals surface area contributed by atoms with Gasteiger partial charge in [0.2, 0.25) is 0 Å². The van der Waals surface area contributed by atoms with Gasteiger partial charge in [0.1, 0.15) is 35.7 Å². The van der Waals surface area contributed by atoms with Gasteiger partial charge in [-0.2, -0.15) is 5.10 Å². The minimum Gasteiger partial charge on any atom is -0.383 e. The summed E-state index contributed by atoms with van der Waals surface area (Å²) in [4.78, 5) is 7.81. The summed E-state index contributed by atoms with van der Waals surface area (Å²) in [6, 6.07) is 7.80. The van der Waals surface area contributed by atoms with Crippen LogP contribution < -0.4 is 0 Å². The molecule has 0 radical (unpaired) electrons. The summed E-state index contributed by atoms with van der Waals surface area (Å²) in [6.45, 7) is 1.71. The Labute approximate surface area is 188 Å². The average Bonchev–Trinajstić information content (AvgIpc) is 3.49. The maximum Gasteiger partial charge on any atom is 0.147 e. The molecule has 0 amide bonds. The third kappa shape index (κ3) is 4.88. The fourth-order valence-electron chi connectivity index (χ4n) is 3.74. The predicted octanol–water partition coefficient (Wildman–Crippen LogP) is 4.51. The predicted molar refractivity (Wildman–Crippen MR) is 117 cm³/mol. The van der Waals surface area contributed by atoms with Crippen LogP contribution in [0.15, 0.2) is 73.8 Å². The van der Waals surface area contributed by atoms with E-state index in [4.69, 9.17) is 0 Å². The highest BCUT2D eigenvalue weighted by atomic mass is 19.1. The zero-order valence-electron chi connectivity index (χ0n) is 17.8. The molecule has 2 heterocycles. The normalized spacial score (nSPS) is 14.5. The summed E-state index contributed by atoms with van der Waals surface area (Å²) in [5.74, 6) is -2.42. The van der Waals surface area contributed by atoms with Crippen molar-refractivity contribution in [1.82, 2.24) is 24.3 Å². The Bertz CT molecular complexity index is 1240. The van der Waals surface area contributed by atoms with Crippen LogP contribution in [0, 0.1) is 23.4 Å². The molecule has 0 aliphatic heterocycles. The van der Waals surface area contributed by atoms with Gasteiger partial charge in [-0.15, -0.1) is 0 Å². The maximum absolute atomic E-state index is 14.6. The Kier molecular flexibility index (Phi) is 6.41. The van der Waals surface area contributed by atoms with Gasteiger partial charge in [0, 0.05) is 24.0 Å². The quantitative estimate of drug-likeness (QED) is 0.426. The lowest BCUT2D eigenvalue weighted by Gasteiger charge is -2.34. The number of nitrogens with zero attached hydrogens (tertiary/aromatic N) is 5. The highest BCUT2D eigenvalue weighted by molar-refractivity contribution is 5.54. The fourth-order valence-corrected chi connectivity index (χ4v) is 3.74. The van der Waals surface area contributed by atoms with E-state index in [-0.39, 0.29) is 17.9 Å². The third-order valence-corrected chi connectivity index (χ3v) is 5.64. The smallest absolute Gasteiger partial charge is 0.147 e. The van der Waals surface area contributed by atoms with Gasteiger partial charge in [-0.25, -0.2) is 27.8 Å². The van der Waals surface area contributed by atoms with Crippen LogP contribution in [-0.4, -0.2) is 29.4 Å². The lowest BCUT2D eigenvalue weighted by Crippen LogP contribution is -2.39. The first-order chi connectivity index (χ1) is 15.9. The molecular weight excluding hydrogens is 431 g/mol. The highest BCUT2D eigenvalue weighted by Crippen LogP contribution is 2.36. The molecule has 0 aliphatic carbocycles. The Morgan fingerprint density at radius 3 is 2.61 bits per heavy atom. The van der Waals surface area contributed by atoms with E-state index in [1.165, 1.54) is 35.8 Å². The zero-order chi connectivity index (χ0) is 23.4. The van der Waals surface area contributed by atoms with E-state index in [0.29, 0.717) is 12.1 Å². The molecule has 0 saturated carbocycles. The van der Waals surface area contributed by atoms with Gasteiger partial charge in [0.05, 0.1) is 18.6 Å². The van der Waals surface area contributed by atoms with Gasteiger partial charge in [0.15, 0.2) is 0 Å². The van der Waals surface area contributed by atoms with Gasteiger partial charge < -0.3 is 9.67 Å². The summed E-state index contributed by atoms with van der Waals surface area (Å²) in [6.07, 6.45) is 11.4. The van der Waals surface area contributed by atoms with Crippen molar-refractivity contribution in [2.45, 2.75) is 25.5 Å². The third-order valence-electron chi connectivity index (χ3n) is 5.64. The second kappa shape index (κ2) is 9.41. The van der Waals surface area contributed by atoms with Crippen LogP contribution in [0.1, 0.15) is 24.5 Å². The molecule has 4 aromatic rings. The van der Waals surface area contributed by atoms with Crippen LogP contribution in [0.5, 0.6) is 0 Å². The molecule has 0 bridgehead atoms. The Balaban J connectivity index is 1.58. The van der Waals surface area contributed by atoms with Crippen LogP contribution >= 0.6 is 0 Å². The molecule has 4 rings (SSSR count). The van der Waals surface area contributed by atoms with Crippen molar-refractivity contribution >= 4 is 6.08 Å². The summed E-state index contributed by atoms with van der Waals surface area (Å²) in [7, 11) is 0. The minimum absolute atomic E-state index is 0.0236. The number of rotatable bonds is 8. The topological polar surface area (TPSA) is 68.8 Å². The Morgan fingerprint density at radius 2 is 1.91 bits per heavy atom. The van der Waals surface area contributed by atoms with Gasteiger partial charge in [-0.3, -0.25) is 0 Å². The van der Waals surface area contributed by atoms with Crippen molar-refractivity contribution in [2.75, 3.05) is 0 Å². The summed E-state index contributed by atoms with van der Waals surface area (Å²) in [5.41, 5.74) is -0.594. The van der Waals surface area contributed by atoms with E-state index in [1.54, 1.807) is 42.1 Å². The first-order valence-corrected chi connectivity index (χ1v) is 10.3.